The molecular weight excluding hydrogens is 364 g/mol. The molecule has 4 rings (SSSR count). The van der Waals surface area contributed by atoms with Gasteiger partial charge in [0, 0.05) is 11.3 Å². The van der Waals surface area contributed by atoms with Crippen molar-refractivity contribution in [2.24, 2.45) is 17.8 Å². The highest BCUT2D eigenvalue weighted by molar-refractivity contribution is 6.22. The maximum atomic E-state index is 12.9. The van der Waals surface area contributed by atoms with Gasteiger partial charge in [-0.15, -0.1) is 0 Å². The molecular formula is C24H24N2O3. The summed E-state index contributed by atoms with van der Waals surface area (Å²) in [6, 6.07) is 12.5. The van der Waals surface area contributed by atoms with Crippen molar-refractivity contribution < 1.29 is 14.4 Å². The van der Waals surface area contributed by atoms with Crippen molar-refractivity contribution in [2.75, 3.05) is 10.2 Å². The summed E-state index contributed by atoms with van der Waals surface area (Å²) in [6.07, 6.45) is 4.60. The molecule has 1 fully saturated rings. The Morgan fingerprint density at radius 3 is 2.28 bits per heavy atom. The monoisotopic (exact) mass is 388 g/mol. The minimum absolute atomic E-state index is 0.0537. The van der Waals surface area contributed by atoms with Crippen LogP contribution in [0.3, 0.4) is 0 Å². The smallest absolute Gasteiger partial charge is 0.255 e. The van der Waals surface area contributed by atoms with Crippen molar-refractivity contribution in [3.05, 3.63) is 71.3 Å². The SMILES string of the molecule is Cc1cc(C)cc(NC(=O)c2ccc(N3C(=O)[C@H]4[C@@H](C)C=CC[C@H]4C3=O)cc2)c1. The second-order valence-corrected chi connectivity index (χ2v) is 8.04. The van der Waals surface area contributed by atoms with E-state index >= 15 is 0 Å². The van der Waals surface area contributed by atoms with Gasteiger partial charge in [0.25, 0.3) is 5.91 Å². The van der Waals surface area contributed by atoms with Gasteiger partial charge in [0.05, 0.1) is 17.5 Å². The van der Waals surface area contributed by atoms with Gasteiger partial charge in [0.1, 0.15) is 0 Å². The standard InChI is InChI=1S/C24H24N2O3/c1-14-11-15(2)13-18(12-14)25-22(27)17-7-9-19(10-8-17)26-23(28)20-6-4-5-16(3)21(20)24(26)29/h4-5,7-13,16,20-21H,6H2,1-3H3,(H,25,27)/t16-,20+,21-/m0/s1. The average molecular weight is 388 g/mol. The third-order valence-corrected chi connectivity index (χ3v) is 5.74. The number of carbonyl (C=O) groups excluding carboxylic acids is 3. The summed E-state index contributed by atoms with van der Waals surface area (Å²) in [5.74, 6) is -1.05. The van der Waals surface area contributed by atoms with Crippen LogP contribution in [0.15, 0.2) is 54.6 Å². The summed E-state index contributed by atoms with van der Waals surface area (Å²) < 4.78 is 0. The van der Waals surface area contributed by atoms with E-state index in [-0.39, 0.29) is 35.5 Å². The van der Waals surface area contributed by atoms with Gasteiger partial charge in [-0.05, 0) is 73.7 Å². The Morgan fingerprint density at radius 2 is 1.66 bits per heavy atom. The zero-order valence-corrected chi connectivity index (χ0v) is 16.8. The molecule has 3 atom stereocenters. The Hall–Kier alpha value is -3.21. The summed E-state index contributed by atoms with van der Waals surface area (Å²) in [7, 11) is 0. The third kappa shape index (κ3) is 3.48. The van der Waals surface area contributed by atoms with Gasteiger partial charge >= 0.3 is 0 Å². The molecule has 2 aromatic carbocycles. The Labute approximate surface area is 170 Å². The van der Waals surface area contributed by atoms with Crippen molar-refractivity contribution in [1.29, 1.82) is 0 Å². The van der Waals surface area contributed by atoms with Crippen LogP contribution in [-0.4, -0.2) is 17.7 Å². The molecule has 0 aromatic heterocycles. The van der Waals surface area contributed by atoms with Crippen LogP contribution in [0.2, 0.25) is 0 Å². The van der Waals surface area contributed by atoms with E-state index in [1.165, 1.54) is 4.90 Å². The van der Waals surface area contributed by atoms with Crippen LogP contribution < -0.4 is 10.2 Å². The molecule has 0 radical (unpaired) electrons. The molecule has 3 amide bonds. The lowest BCUT2D eigenvalue weighted by Crippen LogP contribution is -2.31. The summed E-state index contributed by atoms with van der Waals surface area (Å²) in [4.78, 5) is 39.5. The highest BCUT2D eigenvalue weighted by Crippen LogP contribution is 2.40. The van der Waals surface area contributed by atoms with E-state index in [0.29, 0.717) is 17.7 Å². The Bertz CT molecular complexity index is 1000. The zero-order chi connectivity index (χ0) is 20.7. The van der Waals surface area contributed by atoms with Crippen LogP contribution in [0.5, 0.6) is 0 Å². The summed E-state index contributed by atoms with van der Waals surface area (Å²) >= 11 is 0. The topological polar surface area (TPSA) is 66.5 Å². The molecule has 0 spiro atoms. The summed E-state index contributed by atoms with van der Waals surface area (Å²) in [5, 5.41) is 2.90. The fourth-order valence-electron chi connectivity index (χ4n) is 4.41. The molecule has 1 heterocycles. The fourth-order valence-corrected chi connectivity index (χ4v) is 4.41. The summed E-state index contributed by atoms with van der Waals surface area (Å²) in [5.41, 5.74) is 3.88. The Kier molecular flexibility index (Phi) is 4.82. The highest BCUT2D eigenvalue weighted by Gasteiger charge is 2.50. The molecule has 2 aliphatic rings. The van der Waals surface area contributed by atoms with E-state index in [1.54, 1.807) is 24.3 Å². The molecule has 0 unspecified atom stereocenters. The average Bonchev–Trinajstić information content (AvgIpc) is 2.92. The molecule has 148 valence electrons. The van der Waals surface area contributed by atoms with Gasteiger partial charge < -0.3 is 5.32 Å². The Balaban J connectivity index is 1.53. The van der Waals surface area contributed by atoms with Crippen LogP contribution in [0, 0.1) is 31.6 Å². The number of amides is 3. The van der Waals surface area contributed by atoms with Crippen molar-refractivity contribution in [2.45, 2.75) is 27.2 Å². The number of carbonyl (C=O) groups is 3. The number of aryl methyl sites for hydroxylation is 2. The molecule has 1 aliphatic carbocycles. The number of hydrogen-bond acceptors (Lipinski definition) is 3. The quantitative estimate of drug-likeness (QED) is 0.631. The van der Waals surface area contributed by atoms with Gasteiger partial charge in [-0.25, -0.2) is 0 Å². The van der Waals surface area contributed by atoms with Crippen LogP contribution in [0.25, 0.3) is 0 Å². The van der Waals surface area contributed by atoms with Crippen molar-refractivity contribution >= 4 is 29.1 Å². The lowest BCUT2D eigenvalue weighted by molar-refractivity contribution is -0.122. The number of nitrogens with one attached hydrogen (secondary N) is 1. The first-order valence-electron chi connectivity index (χ1n) is 9.89. The van der Waals surface area contributed by atoms with Crippen molar-refractivity contribution in [3.63, 3.8) is 0 Å². The number of rotatable bonds is 3. The minimum Gasteiger partial charge on any atom is -0.322 e. The third-order valence-electron chi connectivity index (χ3n) is 5.74. The molecule has 0 saturated carbocycles. The van der Waals surface area contributed by atoms with Gasteiger partial charge in [-0.2, -0.15) is 0 Å². The molecule has 1 N–H and O–H groups in total. The van der Waals surface area contributed by atoms with E-state index in [1.807, 2.05) is 51.1 Å². The number of nitrogens with zero attached hydrogens (tertiary/aromatic N) is 1. The van der Waals surface area contributed by atoms with Gasteiger partial charge in [0.15, 0.2) is 0 Å². The number of benzene rings is 2. The van der Waals surface area contributed by atoms with E-state index < -0.39 is 0 Å². The van der Waals surface area contributed by atoms with Crippen LogP contribution in [0.1, 0.15) is 34.8 Å². The summed E-state index contributed by atoms with van der Waals surface area (Å²) in [6.45, 7) is 5.94. The largest absolute Gasteiger partial charge is 0.322 e. The van der Waals surface area contributed by atoms with E-state index in [2.05, 4.69) is 5.32 Å². The minimum atomic E-state index is -0.292. The lowest BCUT2D eigenvalue weighted by Gasteiger charge is -2.22. The zero-order valence-electron chi connectivity index (χ0n) is 16.8. The first-order chi connectivity index (χ1) is 13.8. The molecule has 2 aromatic rings. The number of imide groups is 1. The number of anilines is 2. The van der Waals surface area contributed by atoms with Crippen LogP contribution in [0.4, 0.5) is 11.4 Å². The van der Waals surface area contributed by atoms with E-state index in [9.17, 15) is 14.4 Å². The molecule has 0 bridgehead atoms. The molecule has 5 heteroatoms. The van der Waals surface area contributed by atoms with Crippen molar-refractivity contribution in [1.82, 2.24) is 0 Å². The van der Waals surface area contributed by atoms with E-state index in [4.69, 9.17) is 0 Å². The van der Waals surface area contributed by atoms with Crippen molar-refractivity contribution in [3.8, 4) is 0 Å². The first-order valence-corrected chi connectivity index (χ1v) is 9.89. The second-order valence-electron chi connectivity index (χ2n) is 8.04. The molecule has 1 saturated heterocycles. The maximum absolute atomic E-state index is 12.9. The van der Waals surface area contributed by atoms with Crippen LogP contribution in [-0.2, 0) is 9.59 Å². The van der Waals surface area contributed by atoms with Gasteiger partial charge in [0.2, 0.25) is 11.8 Å². The predicted octanol–water partition coefficient (Wildman–Crippen LogP) is 4.26. The Morgan fingerprint density at radius 1 is 1.00 bits per heavy atom. The number of fused-ring (bicyclic) bond motifs is 1. The molecule has 29 heavy (non-hydrogen) atoms. The van der Waals surface area contributed by atoms with E-state index in [0.717, 1.165) is 16.8 Å². The molecule has 5 nitrogen and oxygen atoms in total. The first kappa shape index (κ1) is 19.1. The second kappa shape index (κ2) is 7.32. The van der Waals surface area contributed by atoms with Crippen LogP contribution >= 0.6 is 0 Å². The normalized spacial score (nSPS) is 23.3. The maximum Gasteiger partial charge on any atom is 0.255 e. The fraction of sp³-hybridized carbons (Fsp3) is 0.292. The van der Waals surface area contributed by atoms with Gasteiger partial charge in [-0.3, -0.25) is 19.3 Å². The molecule has 1 aliphatic heterocycles. The predicted molar refractivity (Wildman–Crippen MR) is 113 cm³/mol. The number of allylic oxidation sites excluding steroid dienone is 2. The van der Waals surface area contributed by atoms with Gasteiger partial charge in [-0.1, -0.05) is 25.1 Å². The number of hydrogen-bond donors (Lipinski definition) is 1. The lowest BCUT2D eigenvalue weighted by atomic mass is 9.78. The highest BCUT2D eigenvalue weighted by atomic mass is 16.2.